The molecule has 1 fully saturated rings. The average Bonchev–Trinajstić information content (AvgIpc) is 3.34. The van der Waals surface area contributed by atoms with Crippen LogP contribution in [-0.4, -0.2) is 54.9 Å². The van der Waals surface area contributed by atoms with Crippen LogP contribution < -0.4 is 0 Å². The van der Waals surface area contributed by atoms with Crippen molar-refractivity contribution in [2.75, 3.05) is 26.2 Å². The van der Waals surface area contributed by atoms with Crippen molar-refractivity contribution in [3.63, 3.8) is 0 Å². The Bertz CT molecular complexity index is 1130. The van der Waals surface area contributed by atoms with Crippen LogP contribution in [0.5, 0.6) is 0 Å². The largest absolute Gasteiger partial charge is 0.360 e. The summed E-state index contributed by atoms with van der Waals surface area (Å²) >= 11 is 6.90. The first-order chi connectivity index (χ1) is 13.9. The highest BCUT2D eigenvalue weighted by molar-refractivity contribution is 7.91. The monoisotopic (exact) mass is 451 g/mol. The smallest absolute Gasteiger partial charge is 0.259 e. The Morgan fingerprint density at radius 1 is 1.10 bits per heavy atom. The summed E-state index contributed by atoms with van der Waals surface area (Å²) in [6.45, 7) is 2.71. The number of piperazine rings is 1. The Hall–Kier alpha value is -2.20. The molecule has 1 aliphatic heterocycles. The number of carbonyl (C=O) groups excluding carboxylic acids is 1. The van der Waals surface area contributed by atoms with Gasteiger partial charge in [0.25, 0.3) is 15.9 Å². The maximum Gasteiger partial charge on any atom is 0.259 e. The second kappa shape index (κ2) is 7.91. The molecule has 0 unspecified atom stereocenters. The van der Waals surface area contributed by atoms with Gasteiger partial charge in [-0.3, -0.25) is 4.79 Å². The lowest BCUT2D eigenvalue weighted by atomic mass is 10.0. The Morgan fingerprint density at radius 3 is 2.41 bits per heavy atom. The highest BCUT2D eigenvalue weighted by Crippen LogP contribution is 2.30. The molecule has 10 heteroatoms. The average molecular weight is 452 g/mol. The number of aromatic nitrogens is 1. The minimum atomic E-state index is -3.60. The van der Waals surface area contributed by atoms with Crippen molar-refractivity contribution < 1.29 is 17.7 Å². The molecule has 0 aliphatic carbocycles. The number of amides is 1. The summed E-state index contributed by atoms with van der Waals surface area (Å²) in [5, 5.41) is 4.06. The molecular formula is C19H18ClN3O4S2. The molecule has 4 rings (SSSR count). The first-order valence-electron chi connectivity index (χ1n) is 8.94. The van der Waals surface area contributed by atoms with E-state index in [2.05, 4.69) is 5.16 Å². The summed E-state index contributed by atoms with van der Waals surface area (Å²) in [5.41, 5.74) is 1.71. The normalized spacial score (nSPS) is 15.6. The SMILES string of the molecule is Cc1onc(-c2ccccc2)c1C(=O)N1CCN(S(=O)(=O)c2ccc(Cl)s2)CC1. The number of hydrogen-bond acceptors (Lipinski definition) is 6. The number of sulfonamides is 1. The van der Waals surface area contributed by atoms with Gasteiger partial charge in [-0.25, -0.2) is 8.42 Å². The zero-order chi connectivity index (χ0) is 20.6. The molecule has 1 saturated heterocycles. The van der Waals surface area contributed by atoms with Crippen molar-refractivity contribution in [3.05, 3.63) is 58.1 Å². The maximum atomic E-state index is 13.1. The highest BCUT2D eigenvalue weighted by atomic mass is 35.5. The minimum Gasteiger partial charge on any atom is -0.360 e. The number of aryl methyl sites for hydroxylation is 1. The molecule has 0 radical (unpaired) electrons. The molecule has 1 aromatic carbocycles. The van der Waals surface area contributed by atoms with Gasteiger partial charge in [0.05, 0.1) is 4.34 Å². The van der Waals surface area contributed by atoms with E-state index in [4.69, 9.17) is 16.1 Å². The van der Waals surface area contributed by atoms with E-state index in [0.717, 1.165) is 16.9 Å². The van der Waals surface area contributed by atoms with Crippen LogP contribution in [-0.2, 0) is 10.0 Å². The summed E-state index contributed by atoms with van der Waals surface area (Å²) in [4.78, 5) is 14.8. The van der Waals surface area contributed by atoms with E-state index in [-0.39, 0.29) is 36.3 Å². The molecule has 3 aromatic rings. The predicted octanol–water partition coefficient (Wildman–Crippen LogP) is 3.51. The van der Waals surface area contributed by atoms with Gasteiger partial charge in [-0.2, -0.15) is 4.31 Å². The predicted molar refractivity (Wildman–Crippen MR) is 111 cm³/mol. The molecule has 3 heterocycles. The van der Waals surface area contributed by atoms with E-state index >= 15 is 0 Å². The zero-order valence-corrected chi connectivity index (χ0v) is 17.9. The Labute approximate surface area is 177 Å². The van der Waals surface area contributed by atoms with Gasteiger partial charge in [0.1, 0.15) is 21.2 Å². The molecule has 29 heavy (non-hydrogen) atoms. The number of nitrogens with zero attached hydrogens (tertiary/aromatic N) is 3. The van der Waals surface area contributed by atoms with Crippen LogP contribution in [0.3, 0.4) is 0 Å². The van der Waals surface area contributed by atoms with Crippen molar-refractivity contribution in [2.45, 2.75) is 11.1 Å². The number of halogens is 1. The van der Waals surface area contributed by atoms with Crippen molar-refractivity contribution in [2.24, 2.45) is 0 Å². The molecule has 0 saturated carbocycles. The first kappa shape index (κ1) is 20.1. The van der Waals surface area contributed by atoms with Crippen LogP contribution in [0.2, 0.25) is 4.34 Å². The number of thiophene rings is 1. The van der Waals surface area contributed by atoms with Gasteiger partial charge in [0.15, 0.2) is 0 Å². The van der Waals surface area contributed by atoms with E-state index in [1.165, 1.54) is 10.4 Å². The molecule has 152 valence electrons. The second-order valence-electron chi connectivity index (χ2n) is 6.58. The highest BCUT2D eigenvalue weighted by Gasteiger charge is 2.33. The molecule has 1 aliphatic rings. The molecule has 0 N–H and O–H groups in total. The topological polar surface area (TPSA) is 83.7 Å². The minimum absolute atomic E-state index is 0.209. The van der Waals surface area contributed by atoms with Gasteiger partial charge in [0, 0.05) is 31.7 Å². The summed E-state index contributed by atoms with van der Waals surface area (Å²) in [6, 6.07) is 12.4. The number of carbonyl (C=O) groups is 1. The lowest BCUT2D eigenvalue weighted by Gasteiger charge is -2.33. The van der Waals surface area contributed by atoms with Crippen LogP contribution in [0, 0.1) is 6.92 Å². The quantitative estimate of drug-likeness (QED) is 0.606. The first-order valence-corrected chi connectivity index (χ1v) is 11.6. The van der Waals surface area contributed by atoms with Gasteiger partial charge >= 0.3 is 0 Å². The van der Waals surface area contributed by atoms with Crippen molar-refractivity contribution >= 4 is 38.9 Å². The summed E-state index contributed by atoms with van der Waals surface area (Å²) < 4.78 is 32.8. The van der Waals surface area contributed by atoms with Crippen LogP contribution in [0.15, 0.2) is 51.2 Å². The number of hydrogen-bond donors (Lipinski definition) is 0. The van der Waals surface area contributed by atoms with Crippen molar-refractivity contribution in [1.29, 1.82) is 0 Å². The Kier molecular flexibility index (Phi) is 5.48. The molecule has 1 amide bonds. The molecule has 0 atom stereocenters. The molecule has 0 spiro atoms. The number of benzene rings is 1. The Morgan fingerprint density at radius 2 is 1.79 bits per heavy atom. The second-order valence-corrected chi connectivity index (χ2v) is 10.5. The zero-order valence-electron chi connectivity index (χ0n) is 15.5. The summed E-state index contributed by atoms with van der Waals surface area (Å²) in [7, 11) is -3.60. The third-order valence-electron chi connectivity index (χ3n) is 4.79. The molecule has 7 nitrogen and oxygen atoms in total. The van der Waals surface area contributed by atoms with Gasteiger partial charge in [-0.15, -0.1) is 11.3 Å². The van der Waals surface area contributed by atoms with Crippen LogP contribution in [0.1, 0.15) is 16.1 Å². The van der Waals surface area contributed by atoms with Gasteiger partial charge in [0.2, 0.25) is 0 Å². The van der Waals surface area contributed by atoms with Gasteiger partial charge in [-0.1, -0.05) is 47.1 Å². The third-order valence-corrected chi connectivity index (χ3v) is 8.39. The van der Waals surface area contributed by atoms with Crippen LogP contribution in [0.4, 0.5) is 0 Å². The van der Waals surface area contributed by atoms with E-state index < -0.39 is 10.0 Å². The van der Waals surface area contributed by atoms with Gasteiger partial charge in [-0.05, 0) is 19.1 Å². The summed E-state index contributed by atoms with van der Waals surface area (Å²) in [5.74, 6) is 0.232. The fourth-order valence-electron chi connectivity index (χ4n) is 3.27. The maximum absolute atomic E-state index is 13.1. The lowest BCUT2D eigenvalue weighted by molar-refractivity contribution is 0.0697. The fraction of sp³-hybridized carbons (Fsp3) is 0.263. The molecule has 2 aromatic heterocycles. The van der Waals surface area contributed by atoms with Gasteiger partial charge < -0.3 is 9.42 Å². The molecule has 0 bridgehead atoms. The fourth-order valence-corrected chi connectivity index (χ4v) is 6.33. The Balaban J connectivity index is 1.51. The summed E-state index contributed by atoms with van der Waals surface area (Å²) in [6.07, 6.45) is 0. The van der Waals surface area contributed by atoms with Crippen LogP contribution in [0.25, 0.3) is 11.3 Å². The van der Waals surface area contributed by atoms with E-state index in [0.29, 0.717) is 21.4 Å². The van der Waals surface area contributed by atoms with E-state index in [1.54, 1.807) is 17.9 Å². The lowest BCUT2D eigenvalue weighted by Crippen LogP contribution is -2.50. The molecular weight excluding hydrogens is 434 g/mol. The van der Waals surface area contributed by atoms with E-state index in [9.17, 15) is 13.2 Å². The van der Waals surface area contributed by atoms with Crippen molar-refractivity contribution in [1.82, 2.24) is 14.4 Å². The van der Waals surface area contributed by atoms with E-state index in [1.807, 2.05) is 30.3 Å². The third kappa shape index (κ3) is 3.83. The number of rotatable bonds is 4. The van der Waals surface area contributed by atoms with Crippen LogP contribution >= 0.6 is 22.9 Å². The van der Waals surface area contributed by atoms with Crippen molar-refractivity contribution in [3.8, 4) is 11.3 Å². The standard InChI is InChI=1S/C19H18ClN3O4S2/c1-13-17(18(21-27-13)14-5-3-2-4-6-14)19(24)22-9-11-23(12-10-22)29(25,26)16-8-7-15(20)28-16/h2-8H,9-12H2,1H3.